The fourth-order valence-corrected chi connectivity index (χ4v) is 3.04. The first-order valence-electron chi connectivity index (χ1n) is 8.05. The minimum Gasteiger partial charge on any atom is -0.444 e. The van der Waals surface area contributed by atoms with Crippen LogP contribution in [0.4, 0.5) is 4.79 Å². The van der Waals surface area contributed by atoms with Gasteiger partial charge in [0.2, 0.25) is 5.91 Å². The molecule has 6 nitrogen and oxygen atoms in total. The number of unbranched alkanes of at least 4 members (excludes halogenated alkanes) is 1. The van der Waals surface area contributed by atoms with Crippen molar-refractivity contribution in [3.63, 3.8) is 0 Å². The van der Waals surface area contributed by atoms with Gasteiger partial charge in [0.1, 0.15) is 5.60 Å². The number of thioether (sulfide) groups is 1. The summed E-state index contributed by atoms with van der Waals surface area (Å²) >= 11 is 1.29. The van der Waals surface area contributed by atoms with Crippen LogP contribution in [0.15, 0.2) is 0 Å². The van der Waals surface area contributed by atoms with Crippen LogP contribution in [0.25, 0.3) is 0 Å². The number of alkyl carbamates (subject to hydrolysis) is 1. The SMILES string of the molecule is CC(=O)SCC1CC(=O)N(CCCCNC(=O)OC(C)(C)C)C1. The first kappa shape index (κ1) is 19.8. The summed E-state index contributed by atoms with van der Waals surface area (Å²) in [6.45, 7) is 9.01. The van der Waals surface area contributed by atoms with Crippen LogP contribution < -0.4 is 5.32 Å². The second kappa shape index (κ2) is 9.15. The smallest absolute Gasteiger partial charge is 0.407 e. The molecule has 7 heteroatoms. The van der Waals surface area contributed by atoms with E-state index in [1.807, 2.05) is 25.7 Å². The average Bonchev–Trinajstić information content (AvgIpc) is 2.74. The van der Waals surface area contributed by atoms with E-state index in [2.05, 4.69) is 5.32 Å². The lowest BCUT2D eigenvalue weighted by Gasteiger charge is -2.20. The molecule has 1 saturated heterocycles. The van der Waals surface area contributed by atoms with E-state index < -0.39 is 11.7 Å². The van der Waals surface area contributed by atoms with E-state index in [1.165, 1.54) is 11.8 Å². The summed E-state index contributed by atoms with van der Waals surface area (Å²) in [5.41, 5.74) is -0.487. The molecule has 1 unspecified atom stereocenters. The molecule has 0 radical (unpaired) electrons. The lowest BCUT2D eigenvalue weighted by Crippen LogP contribution is -2.33. The maximum atomic E-state index is 11.9. The van der Waals surface area contributed by atoms with Crippen LogP contribution in [0.3, 0.4) is 0 Å². The van der Waals surface area contributed by atoms with Crippen LogP contribution in [0.1, 0.15) is 47.0 Å². The Bertz CT molecular complexity index is 434. The third-order valence-corrected chi connectivity index (χ3v) is 4.38. The zero-order valence-electron chi connectivity index (χ0n) is 14.5. The van der Waals surface area contributed by atoms with Gasteiger partial charge in [-0.1, -0.05) is 11.8 Å². The molecular formula is C16H28N2O4S. The number of carbonyl (C=O) groups excluding carboxylic acids is 3. The quantitative estimate of drug-likeness (QED) is 0.718. The summed E-state index contributed by atoms with van der Waals surface area (Å²) in [5, 5.41) is 2.81. The Kier molecular flexibility index (Phi) is 7.88. The van der Waals surface area contributed by atoms with Gasteiger partial charge < -0.3 is 15.0 Å². The zero-order chi connectivity index (χ0) is 17.5. The van der Waals surface area contributed by atoms with Crippen molar-refractivity contribution in [1.82, 2.24) is 10.2 Å². The third kappa shape index (κ3) is 8.83. The van der Waals surface area contributed by atoms with Crippen molar-refractivity contribution in [3.8, 4) is 0 Å². The number of amides is 2. The minimum atomic E-state index is -0.487. The molecule has 23 heavy (non-hydrogen) atoms. The van der Waals surface area contributed by atoms with Crippen molar-refractivity contribution in [2.45, 2.75) is 52.6 Å². The second-order valence-electron chi connectivity index (χ2n) is 6.85. The molecule has 0 spiro atoms. The molecule has 0 aromatic rings. The number of nitrogens with one attached hydrogen (secondary N) is 1. The zero-order valence-corrected chi connectivity index (χ0v) is 15.3. The topological polar surface area (TPSA) is 75.7 Å². The van der Waals surface area contributed by atoms with E-state index in [0.29, 0.717) is 19.5 Å². The van der Waals surface area contributed by atoms with Crippen molar-refractivity contribution >= 4 is 28.9 Å². The average molecular weight is 344 g/mol. The Morgan fingerprint density at radius 1 is 1.35 bits per heavy atom. The Hall–Kier alpha value is -1.24. The van der Waals surface area contributed by atoms with Gasteiger partial charge in [0.15, 0.2) is 5.12 Å². The molecule has 1 N–H and O–H groups in total. The van der Waals surface area contributed by atoms with Gasteiger partial charge in [-0.15, -0.1) is 0 Å². The van der Waals surface area contributed by atoms with E-state index in [4.69, 9.17) is 4.74 Å². The number of hydrogen-bond acceptors (Lipinski definition) is 5. The first-order chi connectivity index (χ1) is 10.7. The van der Waals surface area contributed by atoms with E-state index in [1.54, 1.807) is 6.92 Å². The fourth-order valence-electron chi connectivity index (χ4n) is 2.35. The molecule has 1 atom stereocenters. The van der Waals surface area contributed by atoms with Gasteiger partial charge in [0.05, 0.1) is 0 Å². The van der Waals surface area contributed by atoms with Crippen LogP contribution in [-0.4, -0.2) is 53.0 Å². The number of rotatable bonds is 7. The molecule has 0 bridgehead atoms. The van der Waals surface area contributed by atoms with Gasteiger partial charge in [0, 0.05) is 38.7 Å². The highest BCUT2D eigenvalue weighted by Crippen LogP contribution is 2.22. The Balaban J connectivity index is 2.13. The second-order valence-corrected chi connectivity index (χ2v) is 8.05. The van der Waals surface area contributed by atoms with Crippen LogP contribution in [0.5, 0.6) is 0 Å². The fraction of sp³-hybridized carbons (Fsp3) is 0.812. The highest BCUT2D eigenvalue weighted by molar-refractivity contribution is 8.13. The molecule has 132 valence electrons. The number of hydrogen-bond donors (Lipinski definition) is 1. The summed E-state index contributed by atoms with van der Waals surface area (Å²) in [6.07, 6.45) is 1.77. The van der Waals surface area contributed by atoms with Gasteiger partial charge in [-0.25, -0.2) is 4.79 Å². The van der Waals surface area contributed by atoms with Crippen LogP contribution in [0, 0.1) is 5.92 Å². The van der Waals surface area contributed by atoms with E-state index in [0.717, 1.165) is 25.1 Å². The molecule has 0 aromatic heterocycles. The Morgan fingerprint density at radius 2 is 2.04 bits per heavy atom. The normalized spacial score (nSPS) is 18.2. The molecule has 0 aromatic carbocycles. The predicted molar refractivity (Wildman–Crippen MR) is 91.3 cm³/mol. The minimum absolute atomic E-state index is 0.101. The van der Waals surface area contributed by atoms with Crippen molar-refractivity contribution in [2.75, 3.05) is 25.4 Å². The molecule has 1 aliphatic heterocycles. The standard InChI is InChI=1S/C16H28N2O4S/c1-12(19)23-11-13-9-14(20)18(10-13)8-6-5-7-17-15(21)22-16(2,3)4/h13H,5-11H2,1-4H3,(H,17,21). The predicted octanol–water partition coefficient (Wildman–Crippen LogP) is 2.42. The summed E-state index contributed by atoms with van der Waals surface area (Å²) < 4.78 is 5.15. The van der Waals surface area contributed by atoms with Crippen molar-refractivity contribution in [2.24, 2.45) is 5.92 Å². The van der Waals surface area contributed by atoms with E-state index in [9.17, 15) is 14.4 Å². The molecule has 0 aliphatic carbocycles. The largest absolute Gasteiger partial charge is 0.444 e. The van der Waals surface area contributed by atoms with Gasteiger partial charge in [-0.05, 0) is 39.5 Å². The van der Waals surface area contributed by atoms with E-state index >= 15 is 0 Å². The summed E-state index contributed by atoms with van der Waals surface area (Å²) in [6, 6.07) is 0. The van der Waals surface area contributed by atoms with E-state index in [-0.39, 0.29) is 16.9 Å². The third-order valence-electron chi connectivity index (χ3n) is 3.34. The monoisotopic (exact) mass is 344 g/mol. The Labute approximate surface area is 142 Å². The lowest BCUT2D eigenvalue weighted by molar-refractivity contribution is -0.127. The Morgan fingerprint density at radius 3 is 2.65 bits per heavy atom. The molecule has 2 amide bonds. The molecular weight excluding hydrogens is 316 g/mol. The van der Waals surface area contributed by atoms with Crippen molar-refractivity contribution in [3.05, 3.63) is 0 Å². The van der Waals surface area contributed by atoms with Crippen LogP contribution >= 0.6 is 11.8 Å². The van der Waals surface area contributed by atoms with Gasteiger partial charge in [-0.2, -0.15) is 0 Å². The number of likely N-dealkylation sites (tertiary alicyclic amines) is 1. The highest BCUT2D eigenvalue weighted by atomic mass is 32.2. The molecule has 1 aliphatic rings. The van der Waals surface area contributed by atoms with Crippen LogP contribution in [0.2, 0.25) is 0 Å². The van der Waals surface area contributed by atoms with Crippen molar-refractivity contribution < 1.29 is 19.1 Å². The maximum absolute atomic E-state index is 11.9. The van der Waals surface area contributed by atoms with Gasteiger partial charge in [0.25, 0.3) is 0 Å². The number of ether oxygens (including phenoxy) is 1. The molecule has 1 heterocycles. The highest BCUT2D eigenvalue weighted by Gasteiger charge is 2.29. The summed E-state index contributed by atoms with van der Waals surface area (Å²) in [5.74, 6) is 1.16. The van der Waals surface area contributed by atoms with Gasteiger partial charge in [-0.3, -0.25) is 9.59 Å². The van der Waals surface area contributed by atoms with Gasteiger partial charge >= 0.3 is 6.09 Å². The van der Waals surface area contributed by atoms with Crippen molar-refractivity contribution in [1.29, 1.82) is 0 Å². The lowest BCUT2D eigenvalue weighted by atomic mass is 10.1. The molecule has 1 rings (SSSR count). The molecule has 1 fully saturated rings. The summed E-state index contributed by atoms with van der Waals surface area (Å²) in [4.78, 5) is 36.2. The number of carbonyl (C=O) groups is 3. The molecule has 0 saturated carbocycles. The van der Waals surface area contributed by atoms with Crippen LogP contribution in [-0.2, 0) is 14.3 Å². The maximum Gasteiger partial charge on any atom is 0.407 e. The summed E-state index contributed by atoms with van der Waals surface area (Å²) in [7, 11) is 0. The first-order valence-corrected chi connectivity index (χ1v) is 9.04. The number of nitrogens with zero attached hydrogens (tertiary/aromatic N) is 1.